The molecule has 0 aliphatic carbocycles. The third-order valence-corrected chi connectivity index (χ3v) is 6.48. The number of para-hydroxylation sites is 3. The molecule has 0 fully saturated rings. The molecule has 0 spiro atoms. The van der Waals surface area contributed by atoms with Crippen LogP contribution in [0.3, 0.4) is 0 Å². The molecule has 7 nitrogen and oxygen atoms in total. The van der Waals surface area contributed by atoms with Crippen molar-refractivity contribution in [3.05, 3.63) is 72.8 Å². The van der Waals surface area contributed by atoms with Crippen molar-refractivity contribution in [2.75, 3.05) is 24.2 Å². The van der Waals surface area contributed by atoms with E-state index >= 15 is 0 Å². The Bertz CT molecular complexity index is 1270. The van der Waals surface area contributed by atoms with Crippen molar-refractivity contribution in [3.8, 4) is 11.5 Å². The first kappa shape index (κ1) is 21.1. The predicted molar refractivity (Wildman–Crippen MR) is 120 cm³/mol. The maximum absolute atomic E-state index is 12.8. The second-order valence-electron chi connectivity index (χ2n) is 6.43. The second kappa shape index (κ2) is 9.32. The Morgan fingerprint density at radius 2 is 1.81 bits per heavy atom. The highest BCUT2D eigenvalue weighted by Crippen LogP contribution is 2.29. The van der Waals surface area contributed by atoms with Gasteiger partial charge in [0.25, 0.3) is 15.2 Å². The standard InChI is InChI=1S/C22H20N2O5S2/c1-27-20-10-6-5-9-18(20)24-31(25,26)17-11-12-21-19(15-17)23-22(29-21)30-14-13-28-16-7-3-2-4-8-16/h2-12,15,24H,13-14H2,1H3. The van der Waals surface area contributed by atoms with Crippen molar-refractivity contribution < 1.29 is 22.3 Å². The smallest absolute Gasteiger partial charge is 0.262 e. The minimum atomic E-state index is -3.82. The third-order valence-electron chi connectivity index (χ3n) is 4.32. The van der Waals surface area contributed by atoms with Crippen LogP contribution in [0.15, 0.2) is 87.3 Å². The van der Waals surface area contributed by atoms with Crippen molar-refractivity contribution in [3.63, 3.8) is 0 Å². The number of nitrogens with one attached hydrogen (secondary N) is 1. The zero-order valence-corrected chi connectivity index (χ0v) is 18.3. The van der Waals surface area contributed by atoms with E-state index in [0.29, 0.717) is 40.1 Å². The van der Waals surface area contributed by atoms with Crippen LogP contribution in [-0.2, 0) is 10.0 Å². The van der Waals surface area contributed by atoms with Crippen molar-refractivity contribution in [2.24, 2.45) is 0 Å². The van der Waals surface area contributed by atoms with Gasteiger partial charge in [-0.2, -0.15) is 0 Å². The minimum absolute atomic E-state index is 0.0863. The Kier molecular flexibility index (Phi) is 6.34. The van der Waals surface area contributed by atoms with Crippen molar-refractivity contribution in [1.82, 2.24) is 4.98 Å². The van der Waals surface area contributed by atoms with Crippen LogP contribution in [0.1, 0.15) is 0 Å². The Morgan fingerprint density at radius 1 is 1.03 bits per heavy atom. The second-order valence-corrected chi connectivity index (χ2v) is 9.15. The maximum Gasteiger partial charge on any atom is 0.262 e. The van der Waals surface area contributed by atoms with Gasteiger partial charge in [-0.1, -0.05) is 42.1 Å². The molecular weight excluding hydrogens is 436 g/mol. The number of hydrogen-bond acceptors (Lipinski definition) is 7. The van der Waals surface area contributed by atoms with Crippen LogP contribution < -0.4 is 14.2 Å². The normalized spacial score (nSPS) is 11.4. The number of aromatic nitrogens is 1. The van der Waals surface area contributed by atoms with E-state index in [2.05, 4.69) is 9.71 Å². The molecule has 0 amide bonds. The van der Waals surface area contributed by atoms with Gasteiger partial charge in [-0.3, -0.25) is 4.72 Å². The van der Waals surface area contributed by atoms with E-state index in [-0.39, 0.29) is 4.90 Å². The maximum atomic E-state index is 12.8. The summed E-state index contributed by atoms with van der Waals surface area (Å²) in [6, 6.07) is 20.9. The highest BCUT2D eigenvalue weighted by atomic mass is 32.2. The fourth-order valence-corrected chi connectivity index (χ4v) is 4.60. The number of fused-ring (bicyclic) bond motifs is 1. The van der Waals surface area contributed by atoms with Crippen LogP contribution in [0.25, 0.3) is 11.1 Å². The van der Waals surface area contributed by atoms with Crippen molar-refractivity contribution >= 4 is 38.6 Å². The first-order valence-electron chi connectivity index (χ1n) is 9.42. The molecule has 0 radical (unpaired) electrons. The summed E-state index contributed by atoms with van der Waals surface area (Å²) in [6.45, 7) is 0.496. The number of anilines is 1. The first-order chi connectivity index (χ1) is 15.0. The fraction of sp³-hybridized carbons (Fsp3) is 0.136. The Morgan fingerprint density at radius 3 is 2.61 bits per heavy atom. The monoisotopic (exact) mass is 456 g/mol. The van der Waals surface area contributed by atoms with E-state index in [1.165, 1.54) is 31.0 Å². The van der Waals surface area contributed by atoms with Gasteiger partial charge in [-0.05, 0) is 42.5 Å². The lowest BCUT2D eigenvalue weighted by atomic mass is 10.3. The van der Waals surface area contributed by atoms with E-state index in [9.17, 15) is 8.42 Å². The van der Waals surface area contributed by atoms with Gasteiger partial charge in [-0.25, -0.2) is 13.4 Å². The Labute approximate surface area is 184 Å². The van der Waals surface area contributed by atoms with Gasteiger partial charge in [0.2, 0.25) is 0 Å². The van der Waals surface area contributed by atoms with Gasteiger partial charge in [0.1, 0.15) is 17.0 Å². The van der Waals surface area contributed by atoms with Crippen LogP contribution in [0.4, 0.5) is 5.69 Å². The molecule has 1 aromatic heterocycles. The lowest BCUT2D eigenvalue weighted by Crippen LogP contribution is -2.13. The molecule has 4 rings (SSSR count). The summed E-state index contributed by atoms with van der Waals surface area (Å²) < 4.78 is 44.8. The molecular formula is C22H20N2O5S2. The molecule has 9 heteroatoms. The number of nitrogens with zero attached hydrogens (tertiary/aromatic N) is 1. The summed E-state index contributed by atoms with van der Waals surface area (Å²) in [5.74, 6) is 1.88. The highest BCUT2D eigenvalue weighted by molar-refractivity contribution is 7.99. The van der Waals surface area contributed by atoms with Crippen LogP contribution in [0.5, 0.6) is 11.5 Å². The highest BCUT2D eigenvalue weighted by Gasteiger charge is 2.18. The van der Waals surface area contributed by atoms with Gasteiger partial charge in [0.15, 0.2) is 5.58 Å². The number of oxazole rings is 1. The summed E-state index contributed by atoms with van der Waals surface area (Å²) in [4.78, 5) is 4.48. The number of sulfonamides is 1. The topological polar surface area (TPSA) is 90.7 Å². The van der Waals surface area contributed by atoms with E-state index in [1.54, 1.807) is 30.3 Å². The number of thioether (sulfide) groups is 1. The number of methoxy groups -OCH3 is 1. The van der Waals surface area contributed by atoms with E-state index in [4.69, 9.17) is 13.9 Å². The molecule has 0 unspecified atom stereocenters. The quantitative estimate of drug-likeness (QED) is 0.285. The SMILES string of the molecule is COc1ccccc1NS(=O)(=O)c1ccc2oc(SCCOc3ccccc3)nc2c1. The van der Waals surface area contributed by atoms with Gasteiger partial charge in [-0.15, -0.1) is 0 Å². The molecule has 160 valence electrons. The molecule has 4 aromatic rings. The van der Waals surface area contributed by atoms with E-state index in [0.717, 1.165) is 5.75 Å². The molecule has 3 aromatic carbocycles. The van der Waals surface area contributed by atoms with Crippen LogP contribution in [0.2, 0.25) is 0 Å². The third kappa shape index (κ3) is 5.12. The molecule has 31 heavy (non-hydrogen) atoms. The molecule has 0 saturated carbocycles. The Balaban J connectivity index is 1.44. The number of hydrogen-bond donors (Lipinski definition) is 1. The molecule has 0 aliphatic heterocycles. The van der Waals surface area contributed by atoms with Gasteiger partial charge >= 0.3 is 0 Å². The average molecular weight is 457 g/mol. The van der Waals surface area contributed by atoms with Crippen LogP contribution in [0, 0.1) is 0 Å². The van der Waals surface area contributed by atoms with Crippen LogP contribution in [-0.4, -0.2) is 32.9 Å². The average Bonchev–Trinajstić information content (AvgIpc) is 3.20. The van der Waals surface area contributed by atoms with Gasteiger partial charge in [0, 0.05) is 5.75 Å². The molecule has 1 heterocycles. The Hall–Kier alpha value is -3.17. The number of ether oxygens (including phenoxy) is 2. The molecule has 0 aliphatic rings. The summed E-state index contributed by atoms with van der Waals surface area (Å²) in [5, 5.41) is 0.457. The zero-order valence-electron chi connectivity index (χ0n) is 16.6. The minimum Gasteiger partial charge on any atom is -0.495 e. The molecule has 0 atom stereocenters. The first-order valence-corrected chi connectivity index (χ1v) is 11.9. The summed E-state index contributed by atoms with van der Waals surface area (Å²) >= 11 is 1.40. The van der Waals surface area contributed by atoms with Crippen molar-refractivity contribution in [2.45, 2.75) is 10.1 Å². The number of benzene rings is 3. The van der Waals surface area contributed by atoms with Crippen LogP contribution >= 0.6 is 11.8 Å². The van der Waals surface area contributed by atoms with E-state index in [1.807, 2.05) is 30.3 Å². The molecule has 0 saturated heterocycles. The predicted octanol–water partition coefficient (Wildman–Crippen LogP) is 4.81. The fourth-order valence-electron chi connectivity index (χ4n) is 2.85. The lowest BCUT2D eigenvalue weighted by molar-refractivity contribution is 0.343. The van der Waals surface area contributed by atoms with Crippen molar-refractivity contribution in [1.29, 1.82) is 0 Å². The summed E-state index contributed by atoms with van der Waals surface area (Å²) in [6.07, 6.45) is 0. The zero-order chi connectivity index (χ0) is 21.7. The lowest BCUT2D eigenvalue weighted by Gasteiger charge is -2.11. The molecule has 0 bridgehead atoms. The summed E-state index contributed by atoms with van der Waals surface area (Å²) in [7, 11) is -2.33. The van der Waals surface area contributed by atoms with E-state index < -0.39 is 10.0 Å². The summed E-state index contributed by atoms with van der Waals surface area (Å²) in [5.41, 5.74) is 1.34. The van der Waals surface area contributed by atoms with Gasteiger partial charge < -0.3 is 13.9 Å². The largest absolute Gasteiger partial charge is 0.495 e. The number of rotatable bonds is 9. The van der Waals surface area contributed by atoms with Gasteiger partial charge in [0.05, 0.1) is 24.3 Å². The molecule has 1 N–H and O–H groups in total.